The van der Waals surface area contributed by atoms with Gasteiger partial charge in [0.05, 0.1) is 42.5 Å². The van der Waals surface area contributed by atoms with Crippen LogP contribution in [0.1, 0.15) is 57.8 Å². The summed E-state index contributed by atoms with van der Waals surface area (Å²) in [5.74, 6) is 0.604. The Bertz CT molecular complexity index is 3470. The molecule has 0 bridgehead atoms. The van der Waals surface area contributed by atoms with E-state index in [0.29, 0.717) is 74.9 Å². The van der Waals surface area contributed by atoms with E-state index in [1.54, 1.807) is 67.6 Å². The third-order valence-corrected chi connectivity index (χ3v) is 23.9. The average molecular weight is 1060 g/mol. The number of sulfonamides is 3. The molecule has 21 heteroatoms. The third kappa shape index (κ3) is 7.06. The SMILES string of the molecule is O=S(=O)(c1cccc2cncc(Cl)c12)N1CC2CCNC2C12CC2.O=S(=O)(c1cccc2cncc(F)c12)N1CC2CCNC2C12CC2.O=c1[nH]ccc2c(S(=O)(=O)N3CC4CCNC4C34CC4)cccc12. The molecular weight excluding hydrogens is 1000 g/mol. The number of nitrogens with zero attached hydrogens (tertiary/aromatic N) is 5. The zero-order valence-corrected chi connectivity index (χ0v) is 42.5. The van der Waals surface area contributed by atoms with Crippen molar-refractivity contribution in [3.05, 3.63) is 113 Å². The molecule has 0 radical (unpaired) electrons. The summed E-state index contributed by atoms with van der Waals surface area (Å²) >= 11 is 6.30. The van der Waals surface area contributed by atoms with Gasteiger partial charge in [0, 0.05) is 94.9 Å². The van der Waals surface area contributed by atoms with Gasteiger partial charge >= 0.3 is 0 Å². The molecule has 6 aliphatic heterocycles. The first-order valence-electron chi connectivity index (χ1n) is 25.1. The molecule has 0 amide bonds. The monoisotopic (exact) mass is 1060 g/mol. The molecule has 6 saturated heterocycles. The molecule has 3 aromatic heterocycles. The van der Waals surface area contributed by atoms with Crippen molar-refractivity contribution in [2.45, 2.75) is 107 Å². The van der Waals surface area contributed by atoms with Crippen molar-refractivity contribution in [2.75, 3.05) is 39.3 Å². The summed E-state index contributed by atoms with van der Waals surface area (Å²) in [7, 11) is -11.0. The molecule has 15 rings (SSSR count). The molecule has 4 N–H and O–H groups in total. The Kier molecular flexibility index (Phi) is 11.0. The number of nitrogens with one attached hydrogen (secondary N) is 4. The lowest BCUT2D eigenvalue weighted by Gasteiger charge is -2.27. The van der Waals surface area contributed by atoms with E-state index in [-0.39, 0.29) is 49.4 Å². The van der Waals surface area contributed by atoms with Crippen LogP contribution in [0.15, 0.2) is 111 Å². The summed E-state index contributed by atoms with van der Waals surface area (Å²) in [5.41, 5.74) is -1.03. The number of halogens is 2. The van der Waals surface area contributed by atoms with E-state index in [0.717, 1.165) is 89.0 Å². The van der Waals surface area contributed by atoms with E-state index in [1.165, 1.54) is 24.7 Å². The number of benzene rings is 3. The molecule has 16 nitrogen and oxygen atoms in total. The minimum absolute atomic E-state index is 0.0612. The summed E-state index contributed by atoms with van der Waals surface area (Å²) in [5, 5.41) is 13.8. The fraction of sp³-hybridized carbons (Fsp3) is 0.471. The topological polar surface area (TPSA) is 207 Å². The molecule has 378 valence electrons. The Labute approximate surface area is 422 Å². The second-order valence-electron chi connectivity index (χ2n) is 21.3. The van der Waals surface area contributed by atoms with Gasteiger partial charge in [-0.3, -0.25) is 14.8 Å². The Balaban J connectivity index is 0.000000105. The van der Waals surface area contributed by atoms with Crippen molar-refractivity contribution in [1.29, 1.82) is 0 Å². The van der Waals surface area contributed by atoms with Crippen LogP contribution >= 0.6 is 11.6 Å². The maximum absolute atomic E-state index is 14.3. The lowest BCUT2D eigenvalue weighted by molar-refractivity contribution is 0.332. The van der Waals surface area contributed by atoms with Gasteiger partial charge < -0.3 is 20.9 Å². The maximum Gasteiger partial charge on any atom is 0.255 e. The summed E-state index contributed by atoms with van der Waals surface area (Å²) in [4.78, 5) is 23.1. The van der Waals surface area contributed by atoms with Crippen molar-refractivity contribution in [3.8, 4) is 0 Å². The number of fused-ring (bicyclic) bond motifs is 9. The predicted molar refractivity (Wildman–Crippen MR) is 270 cm³/mol. The molecule has 9 fully saturated rings. The number of rotatable bonds is 6. The summed E-state index contributed by atoms with van der Waals surface area (Å²) in [6, 6.07) is 17.6. The van der Waals surface area contributed by atoms with Crippen molar-refractivity contribution in [3.63, 3.8) is 0 Å². The van der Waals surface area contributed by atoms with E-state index in [4.69, 9.17) is 11.6 Å². The zero-order chi connectivity index (χ0) is 49.6. The van der Waals surface area contributed by atoms with Gasteiger partial charge in [0.25, 0.3) is 5.56 Å². The molecule has 9 heterocycles. The molecule has 3 spiro atoms. The second-order valence-corrected chi connectivity index (χ2v) is 27.2. The lowest BCUT2D eigenvalue weighted by Crippen LogP contribution is -2.46. The quantitative estimate of drug-likeness (QED) is 0.167. The highest BCUT2D eigenvalue weighted by Crippen LogP contribution is 2.58. The fourth-order valence-electron chi connectivity index (χ4n) is 14.0. The highest BCUT2D eigenvalue weighted by Gasteiger charge is 2.68. The summed E-state index contributed by atoms with van der Waals surface area (Å²) in [6.07, 6.45) is 15.9. The van der Waals surface area contributed by atoms with Crippen LogP contribution in [0.4, 0.5) is 4.39 Å². The first-order valence-corrected chi connectivity index (χ1v) is 29.8. The van der Waals surface area contributed by atoms with Gasteiger partial charge in [-0.25, -0.2) is 29.6 Å². The third-order valence-electron chi connectivity index (χ3n) is 17.6. The first kappa shape index (κ1) is 47.2. The molecule has 72 heavy (non-hydrogen) atoms. The van der Waals surface area contributed by atoms with Crippen LogP contribution < -0.4 is 21.5 Å². The predicted octanol–water partition coefficient (Wildman–Crippen LogP) is 5.34. The van der Waals surface area contributed by atoms with Crippen LogP contribution in [0.25, 0.3) is 32.3 Å². The maximum atomic E-state index is 14.3. The number of hydrogen-bond donors (Lipinski definition) is 4. The molecule has 6 unspecified atom stereocenters. The number of hydrogen-bond acceptors (Lipinski definition) is 12. The van der Waals surface area contributed by atoms with Crippen LogP contribution in [0.5, 0.6) is 0 Å². The van der Waals surface area contributed by atoms with Gasteiger partial charge in [-0.2, -0.15) is 12.9 Å². The first-order chi connectivity index (χ1) is 34.6. The molecule has 6 aromatic rings. The van der Waals surface area contributed by atoms with Gasteiger partial charge in [-0.05, 0) is 126 Å². The van der Waals surface area contributed by atoms with E-state index >= 15 is 0 Å². The number of aromatic nitrogens is 3. The zero-order valence-electron chi connectivity index (χ0n) is 39.3. The second kappa shape index (κ2) is 16.8. The van der Waals surface area contributed by atoms with Gasteiger partial charge in [0.2, 0.25) is 30.1 Å². The van der Waals surface area contributed by atoms with Crippen molar-refractivity contribution >= 4 is 74.0 Å². The van der Waals surface area contributed by atoms with Crippen LogP contribution in [-0.4, -0.2) is 127 Å². The molecule has 3 saturated carbocycles. The fourth-order valence-corrected chi connectivity index (χ4v) is 20.7. The number of H-pyrrole nitrogens is 1. The van der Waals surface area contributed by atoms with E-state index in [1.807, 2.05) is 6.07 Å². The van der Waals surface area contributed by atoms with Crippen LogP contribution in [0.2, 0.25) is 5.02 Å². The van der Waals surface area contributed by atoms with Crippen LogP contribution in [0.3, 0.4) is 0 Å². The lowest BCUT2D eigenvalue weighted by atomic mass is 9.99. The van der Waals surface area contributed by atoms with E-state index < -0.39 is 35.9 Å². The van der Waals surface area contributed by atoms with Crippen LogP contribution in [-0.2, 0) is 30.1 Å². The molecular formula is C51H55ClFN9O7S3. The minimum Gasteiger partial charge on any atom is -0.329 e. The smallest absolute Gasteiger partial charge is 0.255 e. The van der Waals surface area contributed by atoms with Crippen molar-refractivity contribution < 1.29 is 29.6 Å². The van der Waals surface area contributed by atoms with Gasteiger partial charge in [0.15, 0.2) is 5.82 Å². The average Bonchev–Trinajstić information content (AvgIpc) is 4.26. The minimum atomic E-state index is -3.75. The normalized spacial score (nSPS) is 28.5. The highest BCUT2D eigenvalue weighted by molar-refractivity contribution is 7.90. The number of aromatic amines is 1. The Morgan fingerprint density at radius 2 is 0.972 bits per heavy atom. The Morgan fingerprint density at radius 1 is 0.542 bits per heavy atom. The molecule has 6 atom stereocenters. The van der Waals surface area contributed by atoms with Crippen molar-refractivity contribution in [1.82, 2.24) is 43.8 Å². The molecule has 3 aromatic carbocycles. The largest absolute Gasteiger partial charge is 0.329 e. The van der Waals surface area contributed by atoms with Crippen LogP contribution in [0, 0.1) is 23.6 Å². The highest BCUT2D eigenvalue weighted by atomic mass is 35.5. The van der Waals surface area contributed by atoms with Gasteiger partial charge in [0.1, 0.15) is 0 Å². The molecule has 3 aliphatic carbocycles. The van der Waals surface area contributed by atoms with Gasteiger partial charge in [-0.15, -0.1) is 0 Å². The Morgan fingerprint density at radius 3 is 1.47 bits per heavy atom. The van der Waals surface area contributed by atoms with E-state index in [9.17, 15) is 34.4 Å². The summed E-state index contributed by atoms with van der Waals surface area (Å²) < 4.78 is 100. The Hall–Kier alpha value is -4.48. The van der Waals surface area contributed by atoms with E-state index in [2.05, 4.69) is 30.9 Å². The standard InChI is InChI=1S/C17H18ClN3O2S.C17H18FN3O2S.C17H19N3O3S/c2*18-13-9-19-8-11-2-1-3-14(15(11)13)24(22,23)21-10-12-4-7-20-16(12)17(21)5-6-17;21-16-13-2-1-3-14(12(13)5-9-19-16)24(22,23)20-10-11-4-8-18-15(11)17(20)6-7-17/h2*1-3,8-9,12,16,20H,4-7,10H2;1-3,5,9,11,15,18H,4,6-8,10H2,(H,19,21). The number of pyridine rings is 3. The van der Waals surface area contributed by atoms with Gasteiger partial charge in [-0.1, -0.05) is 41.9 Å². The molecule has 9 aliphatic rings. The summed E-state index contributed by atoms with van der Waals surface area (Å²) in [6.45, 7) is 4.66. The van der Waals surface area contributed by atoms with Crippen molar-refractivity contribution in [2.24, 2.45) is 17.8 Å².